The van der Waals surface area contributed by atoms with E-state index in [-0.39, 0.29) is 22.3 Å². The Labute approximate surface area is 119 Å². The summed E-state index contributed by atoms with van der Waals surface area (Å²) in [5.41, 5.74) is 0.521. The molecule has 0 saturated carbocycles. The van der Waals surface area contributed by atoms with Gasteiger partial charge in [-0.05, 0) is 24.6 Å². The zero-order valence-electron chi connectivity index (χ0n) is 10.5. The lowest BCUT2D eigenvalue weighted by molar-refractivity contribution is -0.384. The summed E-state index contributed by atoms with van der Waals surface area (Å²) in [5.74, 6) is 0.384. The average Bonchev–Trinajstić information content (AvgIpc) is 2.41. The molecule has 7 heteroatoms. The van der Waals surface area contributed by atoms with Crippen LogP contribution in [0.5, 0.6) is 11.6 Å². The van der Waals surface area contributed by atoms with Crippen LogP contribution in [0, 0.1) is 10.1 Å². The van der Waals surface area contributed by atoms with Gasteiger partial charge in [0.1, 0.15) is 0 Å². The molecule has 20 heavy (non-hydrogen) atoms. The number of nitrogens with zero attached hydrogens (tertiary/aromatic N) is 2. The second-order valence-electron chi connectivity index (χ2n) is 4.08. The standard InChI is InChI=1S/C13H11ClN2O4/c1-8(17)9-2-5-13(15-7-9)20-12-6-10(16(18)19)3-4-11(12)14/h2-8,17H,1H3/t8-/m0/s1. The first-order valence-electron chi connectivity index (χ1n) is 5.73. The van der Waals surface area contributed by atoms with E-state index in [1.165, 1.54) is 24.4 Å². The molecule has 0 radical (unpaired) electrons. The number of aliphatic hydroxyl groups excluding tert-OH is 1. The summed E-state index contributed by atoms with van der Waals surface area (Å²) in [5, 5.41) is 20.3. The third-order valence-electron chi connectivity index (χ3n) is 2.58. The van der Waals surface area contributed by atoms with Crippen molar-refractivity contribution in [3.8, 4) is 11.6 Å². The third-order valence-corrected chi connectivity index (χ3v) is 2.89. The molecule has 1 atom stereocenters. The van der Waals surface area contributed by atoms with Gasteiger partial charge in [-0.3, -0.25) is 10.1 Å². The number of hydrogen-bond donors (Lipinski definition) is 1. The Morgan fingerprint density at radius 1 is 1.40 bits per heavy atom. The van der Waals surface area contributed by atoms with Crippen molar-refractivity contribution >= 4 is 17.3 Å². The highest BCUT2D eigenvalue weighted by Gasteiger charge is 2.12. The molecule has 0 aliphatic carbocycles. The van der Waals surface area contributed by atoms with Crippen LogP contribution in [0.4, 0.5) is 5.69 Å². The van der Waals surface area contributed by atoms with Crippen molar-refractivity contribution in [1.29, 1.82) is 0 Å². The number of aliphatic hydroxyl groups is 1. The normalized spacial score (nSPS) is 11.9. The Hall–Kier alpha value is -2.18. The van der Waals surface area contributed by atoms with Crippen molar-refractivity contribution < 1.29 is 14.8 Å². The second kappa shape index (κ2) is 5.85. The average molecular weight is 295 g/mol. The molecule has 0 spiro atoms. The van der Waals surface area contributed by atoms with E-state index in [1.807, 2.05) is 0 Å². The molecule has 0 saturated heterocycles. The monoisotopic (exact) mass is 294 g/mol. The molecule has 1 aromatic heterocycles. The Bertz CT molecular complexity index is 629. The maximum atomic E-state index is 10.7. The Morgan fingerprint density at radius 3 is 2.70 bits per heavy atom. The summed E-state index contributed by atoms with van der Waals surface area (Å²) in [6, 6.07) is 7.11. The van der Waals surface area contributed by atoms with Crippen LogP contribution in [0.15, 0.2) is 36.5 Å². The van der Waals surface area contributed by atoms with E-state index in [0.29, 0.717) is 5.56 Å². The van der Waals surface area contributed by atoms with Gasteiger partial charge in [-0.2, -0.15) is 0 Å². The third kappa shape index (κ3) is 3.23. The summed E-state index contributed by atoms with van der Waals surface area (Å²) >= 11 is 5.92. The molecule has 0 aliphatic rings. The van der Waals surface area contributed by atoms with Crippen LogP contribution < -0.4 is 4.74 Å². The quantitative estimate of drug-likeness (QED) is 0.689. The van der Waals surface area contributed by atoms with E-state index in [9.17, 15) is 15.2 Å². The summed E-state index contributed by atoms with van der Waals surface area (Å²) < 4.78 is 5.41. The van der Waals surface area contributed by atoms with E-state index in [4.69, 9.17) is 16.3 Å². The number of nitro benzene ring substituents is 1. The molecular weight excluding hydrogens is 284 g/mol. The zero-order chi connectivity index (χ0) is 14.7. The number of halogens is 1. The number of benzene rings is 1. The van der Waals surface area contributed by atoms with Gasteiger partial charge >= 0.3 is 0 Å². The van der Waals surface area contributed by atoms with E-state index >= 15 is 0 Å². The molecule has 0 aliphatic heterocycles. The maximum Gasteiger partial charge on any atom is 0.273 e. The van der Waals surface area contributed by atoms with Crippen LogP contribution in [0.3, 0.4) is 0 Å². The largest absolute Gasteiger partial charge is 0.437 e. The van der Waals surface area contributed by atoms with Gasteiger partial charge < -0.3 is 9.84 Å². The molecule has 2 aromatic rings. The Kier molecular flexibility index (Phi) is 4.16. The van der Waals surface area contributed by atoms with Crippen molar-refractivity contribution in [3.63, 3.8) is 0 Å². The maximum absolute atomic E-state index is 10.7. The number of non-ortho nitro benzene ring substituents is 1. The summed E-state index contributed by atoms with van der Waals surface area (Å²) in [4.78, 5) is 14.2. The molecule has 0 amide bonds. The van der Waals surface area contributed by atoms with Gasteiger partial charge in [0.25, 0.3) is 5.69 Å². The molecule has 1 heterocycles. The van der Waals surface area contributed by atoms with Gasteiger partial charge in [0, 0.05) is 18.3 Å². The number of pyridine rings is 1. The fraction of sp³-hybridized carbons (Fsp3) is 0.154. The van der Waals surface area contributed by atoms with Gasteiger partial charge in [0.2, 0.25) is 5.88 Å². The van der Waals surface area contributed by atoms with Crippen LogP contribution in [0.2, 0.25) is 5.02 Å². The number of nitro groups is 1. The number of ether oxygens (including phenoxy) is 1. The van der Waals surface area contributed by atoms with Gasteiger partial charge in [-0.15, -0.1) is 0 Å². The summed E-state index contributed by atoms with van der Waals surface area (Å²) in [6.07, 6.45) is 0.837. The molecule has 104 valence electrons. The zero-order valence-corrected chi connectivity index (χ0v) is 11.2. The van der Waals surface area contributed by atoms with Crippen LogP contribution in [0.1, 0.15) is 18.6 Å². The molecule has 6 nitrogen and oxygen atoms in total. The second-order valence-corrected chi connectivity index (χ2v) is 4.49. The summed E-state index contributed by atoms with van der Waals surface area (Å²) in [7, 11) is 0. The fourth-order valence-corrected chi connectivity index (χ4v) is 1.65. The summed E-state index contributed by atoms with van der Waals surface area (Å²) in [6.45, 7) is 1.62. The minimum Gasteiger partial charge on any atom is -0.437 e. The van der Waals surface area contributed by atoms with Crippen molar-refractivity contribution in [2.24, 2.45) is 0 Å². The predicted octanol–water partition coefficient (Wildman–Crippen LogP) is 3.49. The Morgan fingerprint density at radius 2 is 2.15 bits per heavy atom. The minimum atomic E-state index is -0.627. The van der Waals surface area contributed by atoms with Crippen molar-refractivity contribution in [1.82, 2.24) is 4.98 Å². The lowest BCUT2D eigenvalue weighted by Gasteiger charge is -2.08. The SMILES string of the molecule is C[C@H](O)c1ccc(Oc2cc([N+](=O)[O-])ccc2Cl)nc1. The van der Waals surface area contributed by atoms with Crippen molar-refractivity contribution in [2.75, 3.05) is 0 Å². The highest BCUT2D eigenvalue weighted by molar-refractivity contribution is 6.32. The minimum absolute atomic E-state index is 0.120. The van der Waals surface area contributed by atoms with Crippen molar-refractivity contribution in [3.05, 3.63) is 57.2 Å². The topological polar surface area (TPSA) is 85.5 Å². The lowest BCUT2D eigenvalue weighted by Crippen LogP contribution is -1.95. The first-order valence-corrected chi connectivity index (χ1v) is 6.11. The Balaban J connectivity index is 2.25. The van der Waals surface area contributed by atoms with Crippen LogP contribution in [0.25, 0.3) is 0 Å². The smallest absolute Gasteiger partial charge is 0.273 e. The molecular formula is C13H11ClN2O4. The first kappa shape index (κ1) is 14.2. The van der Waals surface area contributed by atoms with E-state index in [1.54, 1.807) is 19.1 Å². The van der Waals surface area contributed by atoms with Gasteiger partial charge in [0.05, 0.1) is 22.1 Å². The van der Waals surface area contributed by atoms with Crippen LogP contribution in [-0.2, 0) is 0 Å². The van der Waals surface area contributed by atoms with Gasteiger partial charge in [-0.1, -0.05) is 11.6 Å². The van der Waals surface area contributed by atoms with Gasteiger partial charge in [-0.25, -0.2) is 4.98 Å². The highest BCUT2D eigenvalue weighted by atomic mass is 35.5. The van der Waals surface area contributed by atoms with Gasteiger partial charge in [0.15, 0.2) is 5.75 Å². The number of aromatic nitrogens is 1. The fourth-order valence-electron chi connectivity index (χ4n) is 1.50. The van der Waals surface area contributed by atoms with E-state index < -0.39 is 11.0 Å². The molecule has 1 N–H and O–H groups in total. The van der Waals surface area contributed by atoms with Crippen LogP contribution in [-0.4, -0.2) is 15.0 Å². The number of rotatable bonds is 4. The molecule has 0 unspecified atom stereocenters. The molecule has 2 rings (SSSR count). The van der Waals surface area contributed by atoms with E-state index in [2.05, 4.69) is 4.98 Å². The molecule has 1 aromatic carbocycles. The van der Waals surface area contributed by atoms with E-state index in [0.717, 1.165) is 0 Å². The lowest BCUT2D eigenvalue weighted by atomic mass is 10.2. The number of hydrogen-bond acceptors (Lipinski definition) is 5. The molecule has 0 fully saturated rings. The van der Waals surface area contributed by atoms with Crippen LogP contribution >= 0.6 is 11.6 Å². The predicted molar refractivity (Wildman–Crippen MR) is 73.1 cm³/mol. The highest BCUT2D eigenvalue weighted by Crippen LogP contribution is 2.32. The van der Waals surface area contributed by atoms with Crippen molar-refractivity contribution in [2.45, 2.75) is 13.0 Å². The first-order chi connectivity index (χ1) is 9.47. The molecule has 0 bridgehead atoms.